The Balaban J connectivity index is 2.63. The van der Waals surface area contributed by atoms with Gasteiger partial charge in [-0.15, -0.1) is 11.6 Å². The maximum Gasteiger partial charge on any atom is 0.134 e. The Labute approximate surface area is 87.3 Å². The van der Waals surface area contributed by atoms with Crippen LogP contribution in [0.4, 0.5) is 4.39 Å². The molecule has 0 atom stereocenters. The van der Waals surface area contributed by atoms with E-state index in [4.69, 9.17) is 11.6 Å². The topological polar surface area (TPSA) is 0 Å². The molecule has 0 saturated heterocycles. The highest BCUT2D eigenvalue weighted by molar-refractivity contribution is 6.18. The van der Waals surface area contributed by atoms with Crippen molar-refractivity contribution in [2.24, 2.45) is 0 Å². The van der Waals surface area contributed by atoms with E-state index < -0.39 is 0 Å². The number of hydrogen-bond donors (Lipinski definition) is 0. The molecule has 0 heterocycles. The minimum Gasteiger partial charge on any atom is -0.206 e. The Morgan fingerprint density at radius 3 is 2.64 bits per heavy atom. The molecular weight excluding hydrogens is 199 g/mol. The minimum absolute atomic E-state index is 0.135. The van der Waals surface area contributed by atoms with E-state index in [0.717, 1.165) is 5.39 Å². The molecule has 2 heteroatoms. The maximum atomic E-state index is 13.8. The van der Waals surface area contributed by atoms with E-state index in [1.165, 1.54) is 0 Å². The molecule has 0 amide bonds. The molecular formula is C12H10ClF. The van der Waals surface area contributed by atoms with Crippen molar-refractivity contribution in [1.29, 1.82) is 0 Å². The van der Waals surface area contributed by atoms with E-state index in [1.54, 1.807) is 12.1 Å². The fraction of sp³-hybridized carbons (Fsp3) is 0.167. The molecule has 0 unspecified atom stereocenters. The normalized spacial score (nSPS) is 10.7. The molecule has 0 bridgehead atoms. The highest BCUT2D eigenvalue weighted by atomic mass is 35.5. The first-order valence-electron chi connectivity index (χ1n) is 4.55. The van der Waals surface area contributed by atoms with Gasteiger partial charge in [0.2, 0.25) is 0 Å². The third-order valence-electron chi connectivity index (χ3n) is 2.31. The van der Waals surface area contributed by atoms with Gasteiger partial charge in [0.25, 0.3) is 0 Å². The first-order valence-corrected chi connectivity index (χ1v) is 5.08. The van der Waals surface area contributed by atoms with Crippen molar-refractivity contribution in [2.45, 2.75) is 6.42 Å². The van der Waals surface area contributed by atoms with Gasteiger partial charge in [-0.25, -0.2) is 4.39 Å². The molecule has 72 valence electrons. The largest absolute Gasteiger partial charge is 0.206 e. The molecule has 0 aliphatic heterocycles. The van der Waals surface area contributed by atoms with Crippen LogP contribution >= 0.6 is 11.6 Å². The monoisotopic (exact) mass is 208 g/mol. The summed E-state index contributed by atoms with van der Waals surface area (Å²) in [6.07, 6.45) is 0.582. The van der Waals surface area contributed by atoms with Crippen LogP contribution in [0.25, 0.3) is 10.8 Å². The second-order valence-corrected chi connectivity index (χ2v) is 3.58. The Kier molecular flexibility index (Phi) is 2.69. The first kappa shape index (κ1) is 9.47. The quantitative estimate of drug-likeness (QED) is 0.660. The zero-order chi connectivity index (χ0) is 9.97. The predicted molar refractivity (Wildman–Crippen MR) is 58.3 cm³/mol. The smallest absolute Gasteiger partial charge is 0.134 e. The van der Waals surface area contributed by atoms with Gasteiger partial charge in [0, 0.05) is 11.3 Å². The third-order valence-corrected chi connectivity index (χ3v) is 2.50. The summed E-state index contributed by atoms with van der Waals surface area (Å²) >= 11 is 5.59. The third kappa shape index (κ3) is 1.60. The van der Waals surface area contributed by atoms with E-state index in [1.807, 2.05) is 24.3 Å². The van der Waals surface area contributed by atoms with Crippen LogP contribution in [0.5, 0.6) is 0 Å². The molecule has 0 spiro atoms. The van der Waals surface area contributed by atoms with E-state index in [-0.39, 0.29) is 5.82 Å². The van der Waals surface area contributed by atoms with Crippen LogP contribution in [0.15, 0.2) is 36.4 Å². The van der Waals surface area contributed by atoms with Gasteiger partial charge in [-0.3, -0.25) is 0 Å². The van der Waals surface area contributed by atoms with Gasteiger partial charge in [0.1, 0.15) is 5.82 Å². The van der Waals surface area contributed by atoms with E-state index >= 15 is 0 Å². The van der Waals surface area contributed by atoms with Gasteiger partial charge in [-0.1, -0.05) is 36.4 Å². The van der Waals surface area contributed by atoms with Gasteiger partial charge in [-0.2, -0.15) is 0 Å². The van der Waals surface area contributed by atoms with Crippen LogP contribution in [-0.4, -0.2) is 5.88 Å². The van der Waals surface area contributed by atoms with Crippen molar-refractivity contribution < 1.29 is 4.39 Å². The fourth-order valence-corrected chi connectivity index (χ4v) is 1.78. The Morgan fingerprint density at radius 2 is 1.86 bits per heavy atom. The van der Waals surface area contributed by atoms with Crippen molar-refractivity contribution >= 4 is 22.4 Å². The molecule has 0 fully saturated rings. The SMILES string of the molecule is Fc1c(CCCl)ccc2ccccc12. The number of hydrogen-bond acceptors (Lipinski definition) is 0. The first-order chi connectivity index (χ1) is 6.83. The molecule has 0 aliphatic carbocycles. The summed E-state index contributed by atoms with van der Waals surface area (Å²) in [5.74, 6) is 0.318. The van der Waals surface area contributed by atoms with Gasteiger partial charge in [0.05, 0.1) is 0 Å². The van der Waals surface area contributed by atoms with Gasteiger partial charge < -0.3 is 0 Å². The molecule has 0 nitrogen and oxygen atoms in total. The van der Waals surface area contributed by atoms with Gasteiger partial charge in [-0.05, 0) is 17.4 Å². The van der Waals surface area contributed by atoms with E-state index in [2.05, 4.69) is 0 Å². The standard InChI is InChI=1S/C12H10ClF/c13-8-7-10-6-5-9-3-1-2-4-11(9)12(10)14/h1-6H,7-8H2. The molecule has 0 N–H and O–H groups in total. The van der Waals surface area contributed by atoms with Crippen molar-refractivity contribution in [3.63, 3.8) is 0 Å². The molecule has 0 aromatic heterocycles. The van der Waals surface area contributed by atoms with Crippen molar-refractivity contribution in [2.75, 3.05) is 5.88 Å². The average Bonchev–Trinajstić information content (AvgIpc) is 2.23. The summed E-state index contributed by atoms with van der Waals surface area (Å²) in [7, 11) is 0. The number of alkyl halides is 1. The van der Waals surface area contributed by atoms with Crippen molar-refractivity contribution in [1.82, 2.24) is 0 Å². The summed E-state index contributed by atoms with van der Waals surface area (Å²) < 4.78 is 13.8. The number of benzene rings is 2. The molecule has 2 aromatic carbocycles. The van der Waals surface area contributed by atoms with E-state index in [0.29, 0.717) is 23.3 Å². The number of aryl methyl sites for hydroxylation is 1. The molecule has 14 heavy (non-hydrogen) atoms. The summed E-state index contributed by atoms with van der Waals surface area (Å²) in [4.78, 5) is 0. The lowest BCUT2D eigenvalue weighted by Gasteiger charge is -2.04. The molecule has 2 rings (SSSR count). The van der Waals surface area contributed by atoms with Crippen molar-refractivity contribution in [3.8, 4) is 0 Å². The maximum absolute atomic E-state index is 13.8. The van der Waals surface area contributed by atoms with Crippen LogP contribution < -0.4 is 0 Å². The summed E-state index contributed by atoms with van der Waals surface area (Å²) in [5, 5.41) is 1.61. The van der Waals surface area contributed by atoms with Crippen LogP contribution in [0.2, 0.25) is 0 Å². The van der Waals surface area contributed by atoms with Gasteiger partial charge in [0.15, 0.2) is 0 Å². The van der Waals surface area contributed by atoms with E-state index in [9.17, 15) is 4.39 Å². The molecule has 0 aliphatic rings. The molecule has 0 saturated carbocycles. The van der Waals surface area contributed by atoms with Crippen molar-refractivity contribution in [3.05, 3.63) is 47.8 Å². The molecule has 2 aromatic rings. The lowest BCUT2D eigenvalue weighted by molar-refractivity contribution is 0.624. The minimum atomic E-state index is -0.135. The summed E-state index contributed by atoms with van der Waals surface area (Å²) in [5.41, 5.74) is 0.693. The zero-order valence-electron chi connectivity index (χ0n) is 7.63. The number of fused-ring (bicyclic) bond motifs is 1. The Bertz CT molecular complexity index is 451. The highest BCUT2D eigenvalue weighted by Gasteiger charge is 2.05. The van der Waals surface area contributed by atoms with Crippen LogP contribution in [0.3, 0.4) is 0 Å². The van der Waals surface area contributed by atoms with Crippen LogP contribution in [-0.2, 0) is 6.42 Å². The van der Waals surface area contributed by atoms with Crippen LogP contribution in [0, 0.1) is 5.82 Å². The number of halogens is 2. The zero-order valence-corrected chi connectivity index (χ0v) is 8.39. The lowest BCUT2D eigenvalue weighted by Crippen LogP contribution is -1.92. The average molecular weight is 209 g/mol. The second kappa shape index (κ2) is 3.97. The Hall–Kier alpha value is -1.08. The number of rotatable bonds is 2. The molecule has 0 radical (unpaired) electrons. The second-order valence-electron chi connectivity index (χ2n) is 3.20. The van der Waals surface area contributed by atoms with Crippen LogP contribution in [0.1, 0.15) is 5.56 Å². The fourth-order valence-electron chi connectivity index (χ4n) is 1.57. The Morgan fingerprint density at radius 1 is 1.07 bits per heavy atom. The summed E-state index contributed by atoms with van der Waals surface area (Å²) in [6.45, 7) is 0. The summed E-state index contributed by atoms with van der Waals surface area (Å²) in [6, 6.07) is 11.2. The highest BCUT2D eigenvalue weighted by Crippen LogP contribution is 2.21. The van der Waals surface area contributed by atoms with Gasteiger partial charge >= 0.3 is 0 Å². The predicted octanol–water partition coefficient (Wildman–Crippen LogP) is 3.76. The lowest BCUT2D eigenvalue weighted by atomic mass is 10.0.